The van der Waals surface area contributed by atoms with Crippen molar-refractivity contribution in [3.8, 4) is 5.75 Å². The number of benzene rings is 2. The van der Waals surface area contributed by atoms with Crippen LogP contribution in [0.15, 0.2) is 53.7 Å². The smallest absolute Gasteiger partial charge is 0.233 e. The van der Waals surface area contributed by atoms with Gasteiger partial charge in [0.1, 0.15) is 11.6 Å². The molecule has 1 amide bonds. The molecule has 0 aliphatic carbocycles. The predicted octanol–water partition coefficient (Wildman–Crippen LogP) is 4.02. The highest BCUT2D eigenvalue weighted by Gasteiger charge is 2.26. The van der Waals surface area contributed by atoms with Gasteiger partial charge in [-0.05, 0) is 24.3 Å². The van der Waals surface area contributed by atoms with Gasteiger partial charge in [-0.2, -0.15) is 0 Å². The van der Waals surface area contributed by atoms with Crippen molar-refractivity contribution in [2.75, 3.05) is 43.9 Å². The van der Waals surface area contributed by atoms with Crippen LogP contribution in [0.3, 0.4) is 0 Å². The Morgan fingerprint density at radius 1 is 1.00 bits per heavy atom. The average Bonchev–Trinajstić information content (AvgIpc) is 3.30. The van der Waals surface area contributed by atoms with E-state index in [0.29, 0.717) is 24.0 Å². The Bertz CT molecular complexity index is 1370. The molecule has 35 heavy (non-hydrogen) atoms. The minimum Gasteiger partial charge on any atom is -0.495 e. The number of ether oxygens (including phenoxy) is 1. The van der Waals surface area contributed by atoms with Crippen molar-refractivity contribution >= 4 is 39.9 Å². The number of piperazine rings is 1. The van der Waals surface area contributed by atoms with Crippen molar-refractivity contribution in [3.63, 3.8) is 0 Å². The first-order valence-corrected chi connectivity index (χ1v) is 12.8. The maximum absolute atomic E-state index is 13.1. The fraction of sp³-hybridized carbons (Fsp3) is 0.385. The summed E-state index contributed by atoms with van der Waals surface area (Å²) in [6.45, 7) is 9.29. The number of para-hydroxylation sites is 3. The Labute approximate surface area is 209 Å². The lowest BCUT2D eigenvalue weighted by molar-refractivity contribution is -0.128. The number of carbonyl (C=O) groups excluding carboxylic acids is 1. The highest BCUT2D eigenvalue weighted by atomic mass is 32.2. The fourth-order valence-corrected chi connectivity index (χ4v) is 5.30. The molecule has 2 aromatic carbocycles. The summed E-state index contributed by atoms with van der Waals surface area (Å²) in [5.74, 6) is 2.16. The molecule has 8 nitrogen and oxygen atoms in total. The molecule has 5 rings (SSSR count). The molecule has 1 aliphatic rings. The molecular formula is C26H30N6O2S. The molecule has 4 aromatic rings. The number of thioether (sulfide) groups is 1. The summed E-state index contributed by atoms with van der Waals surface area (Å²) in [5.41, 5.74) is 2.54. The number of fused-ring (bicyclic) bond motifs is 3. The zero-order valence-electron chi connectivity index (χ0n) is 20.6. The Kier molecular flexibility index (Phi) is 6.27. The molecule has 0 N–H and O–H groups in total. The molecule has 0 radical (unpaired) electrons. The Morgan fingerprint density at radius 2 is 1.71 bits per heavy atom. The third-order valence-electron chi connectivity index (χ3n) is 6.27. The van der Waals surface area contributed by atoms with E-state index < -0.39 is 0 Å². The summed E-state index contributed by atoms with van der Waals surface area (Å²) in [7, 11) is 1.69. The van der Waals surface area contributed by atoms with E-state index in [4.69, 9.17) is 9.72 Å². The normalized spacial score (nSPS) is 14.6. The fourth-order valence-electron chi connectivity index (χ4n) is 4.46. The van der Waals surface area contributed by atoms with Crippen molar-refractivity contribution < 1.29 is 9.53 Å². The van der Waals surface area contributed by atoms with Crippen LogP contribution in [-0.4, -0.2) is 69.4 Å². The number of rotatable bonds is 5. The topological polar surface area (TPSA) is 75.9 Å². The summed E-state index contributed by atoms with van der Waals surface area (Å²) in [6, 6.07) is 16.0. The minimum atomic E-state index is -0.210. The van der Waals surface area contributed by atoms with Crippen LogP contribution in [-0.2, 0) is 10.2 Å². The van der Waals surface area contributed by atoms with Crippen LogP contribution in [0.1, 0.15) is 26.6 Å². The molecule has 0 spiro atoms. The summed E-state index contributed by atoms with van der Waals surface area (Å²) in [4.78, 5) is 22.2. The van der Waals surface area contributed by atoms with Gasteiger partial charge < -0.3 is 14.5 Å². The van der Waals surface area contributed by atoms with Crippen LogP contribution >= 0.6 is 11.8 Å². The molecule has 1 aliphatic heterocycles. The van der Waals surface area contributed by atoms with E-state index in [1.165, 1.54) is 11.8 Å². The van der Waals surface area contributed by atoms with Gasteiger partial charge in [0, 0.05) is 37.0 Å². The number of hydrogen-bond donors (Lipinski definition) is 0. The predicted molar refractivity (Wildman–Crippen MR) is 139 cm³/mol. The van der Waals surface area contributed by atoms with Crippen molar-refractivity contribution in [1.82, 2.24) is 24.5 Å². The van der Waals surface area contributed by atoms with E-state index in [-0.39, 0.29) is 11.3 Å². The van der Waals surface area contributed by atoms with Gasteiger partial charge in [0.15, 0.2) is 10.8 Å². The second-order valence-corrected chi connectivity index (χ2v) is 10.6. The van der Waals surface area contributed by atoms with Gasteiger partial charge in [-0.25, -0.2) is 4.98 Å². The number of aromatic nitrogens is 4. The van der Waals surface area contributed by atoms with Gasteiger partial charge in [-0.1, -0.05) is 56.8 Å². The van der Waals surface area contributed by atoms with Crippen LogP contribution in [0, 0.1) is 0 Å². The molecule has 182 valence electrons. The van der Waals surface area contributed by atoms with E-state index in [1.54, 1.807) is 7.11 Å². The Morgan fingerprint density at radius 3 is 2.46 bits per heavy atom. The maximum Gasteiger partial charge on any atom is 0.233 e. The molecule has 0 bridgehead atoms. The molecule has 0 unspecified atom stereocenters. The molecular weight excluding hydrogens is 460 g/mol. The second-order valence-electron chi connectivity index (χ2n) is 9.67. The van der Waals surface area contributed by atoms with E-state index in [9.17, 15) is 4.79 Å². The van der Waals surface area contributed by atoms with Crippen LogP contribution in [0.4, 0.5) is 5.69 Å². The molecule has 0 atom stereocenters. The Balaban J connectivity index is 1.31. The minimum absolute atomic E-state index is 0.109. The monoisotopic (exact) mass is 490 g/mol. The van der Waals surface area contributed by atoms with E-state index >= 15 is 0 Å². The molecule has 0 saturated carbocycles. The molecule has 3 heterocycles. The first-order valence-electron chi connectivity index (χ1n) is 11.8. The van der Waals surface area contributed by atoms with Gasteiger partial charge in [0.2, 0.25) is 5.91 Å². The van der Waals surface area contributed by atoms with E-state index in [2.05, 4.69) is 41.9 Å². The molecule has 1 fully saturated rings. The summed E-state index contributed by atoms with van der Waals surface area (Å²) < 4.78 is 7.52. The number of amides is 1. The summed E-state index contributed by atoms with van der Waals surface area (Å²) in [6.07, 6.45) is 0. The quantitative estimate of drug-likeness (QED) is 0.391. The van der Waals surface area contributed by atoms with Crippen molar-refractivity contribution in [2.24, 2.45) is 0 Å². The van der Waals surface area contributed by atoms with Crippen LogP contribution < -0.4 is 9.64 Å². The SMILES string of the molecule is COc1ccccc1N1CCN(C(=O)CSc2nnc3c4ccccc4nc(C(C)(C)C)n23)CC1. The summed E-state index contributed by atoms with van der Waals surface area (Å²) >= 11 is 1.42. The largest absolute Gasteiger partial charge is 0.495 e. The molecule has 2 aromatic heterocycles. The number of hydrogen-bond acceptors (Lipinski definition) is 7. The third-order valence-corrected chi connectivity index (χ3v) is 7.18. The highest BCUT2D eigenvalue weighted by molar-refractivity contribution is 7.99. The maximum atomic E-state index is 13.1. The average molecular weight is 491 g/mol. The second kappa shape index (κ2) is 9.37. The number of nitrogens with zero attached hydrogens (tertiary/aromatic N) is 6. The molecule has 9 heteroatoms. The number of carbonyl (C=O) groups is 1. The van der Waals surface area contributed by atoms with E-state index in [1.807, 2.05) is 51.8 Å². The van der Waals surface area contributed by atoms with E-state index in [0.717, 1.165) is 46.9 Å². The van der Waals surface area contributed by atoms with Gasteiger partial charge in [0.25, 0.3) is 0 Å². The summed E-state index contributed by atoms with van der Waals surface area (Å²) in [5, 5.41) is 10.6. The van der Waals surface area contributed by atoms with Gasteiger partial charge >= 0.3 is 0 Å². The van der Waals surface area contributed by atoms with Gasteiger partial charge in [-0.15, -0.1) is 10.2 Å². The van der Waals surface area contributed by atoms with Gasteiger partial charge in [0.05, 0.1) is 24.1 Å². The van der Waals surface area contributed by atoms with Crippen molar-refractivity contribution in [3.05, 3.63) is 54.4 Å². The standard InChI is InChI=1S/C26H30N6O2S/c1-26(2,3)24-27-19-10-6-5-9-18(19)23-28-29-25(32(23)24)35-17-22(33)31-15-13-30(14-16-31)20-11-7-8-12-21(20)34-4/h5-12H,13-17H2,1-4H3. The number of methoxy groups -OCH3 is 1. The zero-order valence-corrected chi connectivity index (χ0v) is 21.4. The third kappa shape index (κ3) is 4.52. The van der Waals surface area contributed by atoms with Crippen LogP contribution in [0.5, 0.6) is 5.75 Å². The zero-order chi connectivity index (χ0) is 24.6. The lowest BCUT2D eigenvalue weighted by Gasteiger charge is -2.36. The Hall–Kier alpha value is -3.33. The van der Waals surface area contributed by atoms with Gasteiger partial charge in [-0.3, -0.25) is 9.20 Å². The lowest BCUT2D eigenvalue weighted by Crippen LogP contribution is -2.49. The molecule has 1 saturated heterocycles. The van der Waals surface area contributed by atoms with Crippen LogP contribution in [0.2, 0.25) is 0 Å². The first kappa shape index (κ1) is 23.4. The lowest BCUT2D eigenvalue weighted by atomic mass is 9.95. The number of anilines is 1. The van der Waals surface area contributed by atoms with Crippen LogP contribution in [0.25, 0.3) is 16.6 Å². The van der Waals surface area contributed by atoms with Crippen molar-refractivity contribution in [1.29, 1.82) is 0 Å². The first-order chi connectivity index (χ1) is 16.9. The van der Waals surface area contributed by atoms with Crippen molar-refractivity contribution in [2.45, 2.75) is 31.3 Å². The highest BCUT2D eigenvalue weighted by Crippen LogP contribution is 2.31.